The fourth-order valence-corrected chi connectivity index (χ4v) is 3.27. The molecule has 1 unspecified atom stereocenters. The van der Waals surface area contributed by atoms with Gasteiger partial charge in [0.2, 0.25) is 6.10 Å². The van der Waals surface area contributed by atoms with Crippen LogP contribution in [0.2, 0.25) is 5.15 Å². The largest absolute Gasteiger partial charge is 0.444 e. The van der Waals surface area contributed by atoms with Crippen LogP contribution in [0, 0.1) is 6.92 Å². The molecule has 0 saturated carbocycles. The third-order valence-corrected chi connectivity index (χ3v) is 4.76. The van der Waals surface area contributed by atoms with Crippen molar-refractivity contribution in [1.29, 1.82) is 0 Å². The maximum absolute atomic E-state index is 12.9. The number of carbonyl (C=O) groups is 2. The molecule has 1 aromatic carbocycles. The molecular formula is C18H20ClN3O3. The first-order valence-corrected chi connectivity index (χ1v) is 8.60. The maximum atomic E-state index is 12.9. The molecule has 3 rings (SSSR count). The molecule has 0 spiro atoms. The van der Waals surface area contributed by atoms with Gasteiger partial charge in [-0.1, -0.05) is 41.9 Å². The smallest absolute Gasteiger partial charge is 0.344 e. The van der Waals surface area contributed by atoms with Crippen LogP contribution >= 0.6 is 11.6 Å². The van der Waals surface area contributed by atoms with E-state index in [1.54, 1.807) is 31.0 Å². The molecule has 1 saturated heterocycles. The minimum Gasteiger partial charge on any atom is -0.444 e. The zero-order chi connectivity index (χ0) is 18.0. The average Bonchev–Trinajstić information content (AvgIpc) is 3.22. The molecule has 0 N–H and O–H groups in total. The second kappa shape index (κ2) is 7.27. The number of benzene rings is 1. The Labute approximate surface area is 151 Å². The van der Waals surface area contributed by atoms with Gasteiger partial charge in [0.25, 0.3) is 5.91 Å². The molecule has 1 atom stereocenters. The average molecular weight is 362 g/mol. The Balaban J connectivity index is 1.89. The molecule has 0 bridgehead atoms. The summed E-state index contributed by atoms with van der Waals surface area (Å²) in [6, 6.07) is 9.05. The van der Waals surface area contributed by atoms with E-state index in [2.05, 4.69) is 5.10 Å². The molecule has 0 radical (unpaired) electrons. The van der Waals surface area contributed by atoms with E-state index >= 15 is 0 Å². The number of ether oxygens (including phenoxy) is 1. The van der Waals surface area contributed by atoms with Crippen LogP contribution in [-0.2, 0) is 16.6 Å². The number of halogens is 1. The first kappa shape index (κ1) is 17.5. The van der Waals surface area contributed by atoms with E-state index in [0.717, 1.165) is 12.8 Å². The van der Waals surface area contributed by atoms with Gasteiger partial charge in [0.15, 0.2) is 0 Å². The van der Waals surface area contributed by atoms with Crippen molar-refractivity contribution >= 4 is 23.5 Å². The van der Waals surface area contributed by atoms with Crippen molar-refractivity contribution in [2.24, 2.45) is 7.05 Å². The van der Waals surface area contributed by atoms with E-state index < -0.39 is 12.1 Å². The summed E-state index contributed by atoms with van der Waals surface area (Å²) in [7, 11) is 1.65. The Bertz CT molecular complexity index is 782. The van der Waals surface area contributed by atoms with Crippen LogP contribution in [0.4, 0.5) is 0 Å². The van der Waals surface area contributed by atoms with Gasteiger partial charge in [0.05, 0.1) is 5.69 Å². The highest BCUT2D eigenvalue weighted by Gasteiger charge is 2.32. The summed E-state index contributed by atoms with van der Waals surface area (Å²) in [5.74, 6) is -0.841. The van der Waals surface area contributed by atoms with E-state index in [4.69, 9.17) is 16.3 Å². The van der Waals surface area contributed by atoms with Crippen LogP contribution in [0.3, 0.4) is 0 Å². The lowest BCUT2D eigenvalue weighted by molar-refractivity contribution is -0.140. The zero-order valence-corrected chi connectivity index (χ0v) is 15.0. The molecule has 7 heteroatoms. The molecule has 1 aliphatic rings. The van der Waals surface area contributed by atoms with Gasteiger partial charge in [-0.25, -0.2) is 4.79 Å². The number of hydrogen-bond acceptors (Lipinski definition) is 4. The van der Waals surface area contributed by atoms with E-state index in [1.807, 2.05) is 18.2 Å². The Kier molecular flexibility index (Phi) is 5.08. The Hall–Kier alpha value is -2.34. The predicted octanol–water partition coefficient (Wildman–Crippen LogP) is 2.90. The van der Waals surface area contributed by atoms with Crippen LogP contribution in [0.25, 0.3) is 0 Å². The van der Waals surface area contributed by atoms with E-state index in [0.29, 0.717) is 24.3 Å². The molecule has 1 fully saturated rings. The molecule has 6 nitrogen and oxygen atoms in total. The normalized spacial score (nSPS) is 15.2. The topological polar surface area (TPSA) is 64.4 Å². The van der Waals surface area contributed by atoms with Gasteiger partial charge in [0, 0.05) is 25.7 Å². The van der Waals surface area contributed by atoms with Crippen LogP contribution < -0.4 is 0 Å². The van der Waals surface area contributed by atoms with Gasteiger partial charge >= 0.3 is 5.97 Å². The Morgan fingerprint density at radius 2 is 1.84 bits per heavy atom. The minimum atomic E-state index is -0.984. The van der Waals surface area contributed by atoms with Crippen molar-refractivity contribution in [3.8, 4) is 0 Å². The highest BCUT2D eigenvalue weighted by Crippen LogP contribution is 2.27. The monoisotopic (exact) mass is 361 g/mol. The summed E-state index contributed by atoms with van der Waals surface area (Å²) in [5.41, 5.74) is 1.31. The number of esters is 1. The van der Waals surface area contributed by atoms with Crippen molar-refractivity contribution in [1.82, 2.24) is 14.7 Å². The number of rotatable bonds is 4. The second-order valence-corrected chi connectivity index (χ2v) is 6.46. The van der Waals surface area contributed by atoms with Gasteiger partial charge in [-0.3, -0.25) is 9.48 Å². The zero-order valence-electron chi connectivity index (χ0n) is 14.2. The lowest BCUT2D eigenvalue weighted by Gasteiger charge is -2.23. The summed E-state index contributed by atoms with van der Waals surface area (Å²) in [6.07, 6.45) is 0.950. The number of aromatic nitrogens is 2. The third-order valence-electron chi connectivity index (χ3n) is 4.33. The molecular weight excluding hydrogens is 342 g/mol. The van der Waals surface area contributed by atoms with E-state index in [9.17, 15) is 9.59 Å². The molecule has 1 amide bonds. The highest BCUT2D eigenvalue weighted by molar-refractivity contribution is 6.32. The van der Waals surface area contributed by atoms with Gasteiger partial charge in [-0.2, -0.15) is 5.10 Å². The summed E-state index contributed by atoms with van der Waals surface area (Å²) >= 11 is 6.15. The van der Waals surface area contributed by atoms with E-state index in [1.165, 1.54) is 4.68 Å². The molecule has 132 valence electrons. The SMILES string of the molecule is Cc1nn(C)c(Cl)c1C(=O)OC(C(=O)N1CCCC1)c1ccccc1. The van der Waals surface area contributed by atoms with Crippen molar-refractivity contribution in [2.75, 3.05) is 13.1 Å². The summed E-state index contributed by atoms with van der Waals surface area (Å²) in [4.78, 5) is 27.3. The van der Waals surface area contributed by atoms with Crippen molar-refractivity contribution in [3.05, 3.63) is 52.3 Å². The number of hydrogen-bond donors (Lipinski definition) is 0. The molecule has 0 aliphatic carbocycles. The highest BCUT2D eigenvalue weighted by atomic mass is 35.5. The Morgan fingerprint density at radius 1 is 1.20 bits per heavy atom. The summed E-state index contributed by atoms with van der Waals surface area (Å²) in [6.45, 7) is 3.06. The molecule has 2 heterocycles. The number of aryl methyl sites for hydroxylation is 2. The number of carbonyl (C=O) groups excluding carboxylic acids is 2. The van der Waals surface area contributed by atoms with Gasteiger partial charge in [0.1, 0.15) is 10.7 Å². The number of likely N-dealkylation sites (tertiary alicyclic amines) is 1. The van der Waals surface area contributed by atoms with Crippen LogP contribution in [-0.4, -0.2) is 39.6 Å². The first-order chi connectivity index (χ1) is 12.0. The minimum absolute atomic E-state index is 0.194. The molecule has 25 heavy (non-hydrogen) atoms. The number of nitrogens with zero attached hydrogens (tertiary/aromatic N) is 3. The quantitative estimate of drug-likeness (QED) is 0.785. The standard InChI is InChI=1S/C18H20ClN3O3/c1-12-14(16(19)21(2)20-12)18(24)25-15(13-8-4-3-5-9-13)17(23)22-10-6-7-11-22/h3-5,8-9,15H,6-7,10-11H2,1-2H3. The fraction of sp³-hybridized carbons (Fsp3) is 0.389. The summed E-state index contributed by atoms with van der Waals surface area (Å²) in [5, 5.41) is 4.32. The predicted molar refractivity (Wildman–Crippen MR) is 93.4 cm³/mol. The molecule has 1 aromatic heterocycles. The molecule has 1 aliphatic heterocycles. The lowest BCUT2D eigenvalue weighted by atomic mass is 10.1. The Morgan fingerprint density at radius 3 is 2.40 bits per heavy atom. The van der Waals surface area contributed by atoms with Crippen molar-refractivity contribution in [2.45, 2.75) is 25.9 Å². The van der Waals surface area contributed by atoms with E-state index in [-0.39, 0.29) is 16.6 Å². The third kappa shape index (κ3) is 3.54. The number of amides is 1. The van der Waals surface area contributed by atoms with Gasteiger partial charge in [-0.15, -0.1) is 0 Å². The molecule has 2 aromatic rings. The van der Waals surface area contributed by atoms with Crippen LogP contribution in [0.5, 0.6) is 0 Å². The van der Waals surface area contributed by atoms with Crippen molar-refractivity contribution in [3.63, 3.8) is 0 Å². The van der Waals surface area contributed by atoms with Crippen LogP contribution in [0.15, 0.2) is 30.3 Å². The summed E-state index contributed by atoms with van der Waals surface area (Å²) < 4.78 is 7.01. The first-order valence-electron chi connectivity index (χ1n) is 8.23. The maximum Gasteiger partial charge on any atom is 0.344 e. The van der Waals surface area contributed by atoms with Crippen LogP contribution in [0.1, 0.15) is 40.6 Å². The lowest BCUT2D eigenvalue weighted by Crippen LogP contribution is -2.35. The second-order valence-electron chi connectivity index (χ2n) is 6.10. The van der Waals surface area contributed by atoms with Gasteiger partial charge in [-0.05, 0) is 19.8 Å². The van der Waals surface area contributed by atoms with Gasteiger partial charge < -0.3 is 9.64 Å². The van der Waals surface area contributed by atoms with Crippen molar-refractivity contribution < 1.29 is 14.3 Å². The fourth-order valence-electron chi connectivity index (χ4n) is 3.02.